The van der Waals surface area contributed by atoms with Gasteiger partial charge in [0.25, 0.3) is 5.91 Å². The van der Waals surface area contributed by atoms with E-state index in [-0.39, 0.29) is 17.8 Å². The van der Waals surface area contributed by atoms with E-state index in [0.717, 1.165) is 28.6 Å². The van der Waals surface area contributed by atoms with Crippen molar-refractivity contribution in [2.45, 2.75) is 25.8 Å². The molecule has 0 spiro atoms. The summed E-state index contributed by atoms with van der Waals surface area (Å²) in [5, 5.41) is 5.67. The number of ether oxygens (including phenoxy) is 1. The Labute approximate surface area is 178 Å². The monoisotopic (exact) mass is 425 g/mol. The fourth-order valence-electron chi connectivity index (χ4n) is 3.77. The Morgan fingerprint density at radius 2 is 2.13 bits per heavy atom. The van der Waals surface area contributed by atoms with Crippen LogP contribution in [-0.2, 0) is 22.5 Å². The van der Waals surface area contributed by atoms with E-state index in [1.54, 1.807) is 12.1 Å². The molecule has 7 nitrogen and oxygen atoms in total. The number of fused-ring (bicyclic) bond motifs is 3. The predicted octanol–water partition coefficient (Wildman–Crippen LogP) is 3.11. The molecule has 1 aliphatic rings. The van der Waals surface area contributed by atoms with Crippen LogP contribution >= 0.6 is 11.3 Å². The zero-order valence-electron chi connectivity index (χ0n) is 16.7. The molecule has 4 rings (SSSR count). The van der Waals surface area contributed by atoms with Crippen molar-refractivity contribution in [2.24, 2.45) is 0 Å². The molecule has 0 radical (unpaired) electrons. The minimum Gasteiger partial charge on any atom is -0.465 e. The first kappa shape index (κ1) is 20.2. The van der Waals surface area contributed by atoms with Gasteiger partial charge in [-0.3, -0.25) is 9.59 Å². The van der Waals surface area contributed by atoms with Crippen LogP contribution in [0, 0.1) is 0 Å². The number of esters is 1. The van der Waals surface area contributed by atoms with Crippen molar-refractivity contribution < 1.29 is 19.1 Å². The summed E-state index contributed by atoms with van der Waals surface area (Å²) in [5.74, 6) is -0.398. The molecule has 2 N–H and O–H groups in total. The van der Waals surface area contributed by atoms with E-state index in [1.807, 2.05) is 28.5 Å². The summed E-state index contributed by atoms with van der Waals surface area (Å²) in [7, 11) is 1.36. The number of carbonyl (C=O) groups is 3. The van der Waals surface area contributed by atoms with Crippen molar-refractivity contribution in [1.82, 2.24) is 15.2 Å². The highest BCUT2D eigenvalue weighted by Gasteiger charge is 2.24. The SMILES string of the molecule is COC(=O)c1ccc2[nH]c3c(c2c1)CN(C(=O)CCCNC(=O)c1cccs1)CC3. The van der Waals surface area contributed by atoms with E-state index >= 15 is 0 Å². The molecule has 2 amide bonds. The smallest absolute Gasteiger partial charge is 0.337 e. The third kappa shape index (κ3) is 4.09. The van der Waals surface area contributed by atoms with Crippen LogP contribution in [-0.4, -0.2) is 47.9 Å². The lowest BCUT2D eigenvalue weighted by atomic mass is 10.0. The lowest BCUT2D eigenvalue weighted by Crippen LogP contribution is -2.36. The van der Waals surface area contributed by atoms with Crippen LogP contribution in [0.4, 0.5) is 0 Å². The van der Waals surface area contributed by atoms with Crippen molar-refractivity contribution in [2.75, 3.05) is 20.2 Å². The molecule has 0 unspecified atom stereocenters. The third-order valence-corrected chi connectivity index (χ3v) is 6.22. The Kier molecular flexibility index (Phi) is 5.85. The van der Waals surface area contributed by atoms with Crippen LogP contribution in [0.25, 0.3) is 10.9 Å². The number of methoxy groups -OCH3 is 1. The average Bonchev–Trinajstić information content (AvgIpc) is 3.43. The minimum atomic E-state index is -0.375. The number of hydrogen-bond acceptors (Lipinski definition) is 5. The number of amides is 2. The molecular weight excluding hydrogens is 402 g/mol. The summed E-state index contributed by atoms with van der Waals surface area (Å²) in [4.78, 5) is 42.4. The number of aromatic nitrogens is 1. The third-order valence-electron chi connectivity index (χ3n) is 5.35. The highest BCUT2D eigenvalue weighted by Crippen LogP contribution is 2.29. The first-order valence-corrected chi connectivity index (χ1v) is 10.8. The maximum atomic E-state index is 12.7. The van der Waals surface area contributed by atoms with Gasteiger partial charge in [0.2, 0.25) is 5.91 Å². The zero-order chi connectivity index (χ0) is 21.1. The Morgan fingerprint density at radius 3 is 2.90 bits per heavy atom. The molecule has 8 heteroatoms. The molecule has 1 aliphatic heterocycles. The van der Waals surface area contributed by atoms with Gasteiger partial charge in [-0.15, -0.1) is 11.3 Å². The molecule has 0 saturated heterocycles. The van der Waals surface area contributed by atoms with E-state index in [2.05, 4.69) is 10.3 Å². The van der Waals surface area contributed by atoms with Gasteiger partial charge in [-0.25, -0.2) is 4.79 Å². The summed E-state index contributed by atoms with van der Waals surface area (Å²) < 4.78 is 4.82. The van der Waals surface area contributed by atoms with Crippen LogP contribution in [0.3, 0.4) is 0 Å². The number of thiophene rings is 1. The Balaban J connectivity index is 1.36. The molecule has 3 heterocycles. The largest absolute Gasteiger partial charge is 0.465 e. The van der Waals surface area contributed by atoms with Gasteiger partial charge in [0.1, 0.15) is 0 Å². The van der Waals surface area contributed by atoms with E-state index in [1.165, 1.54) is 18.4 Å². The molecular formula is C22H23N3O4S. The number of benzene rings is 1. The Hall–Kier alpha value is -3.13. The second-order valence-electron chi connectivity index (χ2n) is 7.24. The van der Waals surface area contributed by atoms with Crippen molar-refractivity contribution in [3.63, 3.8) is 0 Å². The second kappa shape index (κ2) is 8.71. The summed E-state index contributed by atoms with van der Waals surface area (Å²) in [6.07, 6.45) is 1.73. The summed E-state index contributed by atoms with van der Waals surface area (Å²) in [5.41, 5.74) is 3.62. The maximum Gasteiger partial charge on any atom is 0.337 e. The molecule has 2 aromatic heterocycles. The maximum absolute atomic E-state index is 12.7. The van der Waals surface area contributed by atoms with Crippen LogP contribution in [0.1, 0.15) is 44.1 Å². The lowest BCUT2D eigenvalue weighted by molar-refractivity contribution is -0.132. The second-order valence-corrected chi connectivity index (χ2v) is 8.18. The van der Waals surface area contributed by atoms with Crippen molar-refractivity contribution in [3.05, 3.63) is 57.4 Å². The molecule has 0 bridgehead atoms. The molecule has 0 fully saturated rings. The first-order chi connectivity index (χ1) is 14.6. The van der Waals surface area contributed by atoms with Crippen molar-refractivity contribution >= 4 is 40.0 Å². The van der Waals surface area contributed by atoms with Crippen molar-refractivity contribution in [1.29, 1.82) is 0 Å². The van der Waals surface area contributed by atoms with Crippen LogP contribution < -0.4 is 5.32 Å². The number of nitrogens with zero attached hydrogens (tertiary/aromatic N) is 1. The van der Waals surface area contributed by atoms with Crippen molar-refractivity contribution in [3.8, 4) is 0 Å². The molecule has 156 valence electrons. The molecule has 0 atom stereocenters. The summed E-state index contributed by atoms with van der Waals surface area (Å²) >= 11 is 1.40. The quantitative estimate of drug-likeness (QED) is 0.469. The Bertz CT molecular complexity index is 1090. The molecule has 1 aromatic carbocycles. The standard InChI is InChI=1S/C22H23N3O4S/c1-29-22(28)14-6-7-17-15(12-14)16-13-25(10-8-18(16)24-17)20(26)5-2-9-23-21(27)19-4-3-11-30-19/h3-4,6-7,11-12,24H,2,5,8-10,13H2,1H3,(H,23,27). The first-order valence-electron chi connectivity index (χ1n) is 9.88. The number of H-pyrrole nitrogens is 1. The average molecular weight is 426 g/mol. The zero-order valence-corrected chi connectivity index (χ0v) is 17.5. The van der Waals surface area contributed by atoms with Gasteiger partial charge in [0.15, 0.2) is 0 Å². The van der Waals surface area contributed by atoms with E-state index in [4.69, 9.17) is 4.74 Å². The van der Waals surface area contributed by atoms with Crippen LogP contribution in [0.2, 0.25) is 0 Å². The van der Waals surface area contributed by atoms with Gasteiger partial charge >= 0.3 is 5.97 Å². The number of rotatable bonds is 6. The van der Waals surface area contributed by atoms with Gasteiger partial charge in [-0.1, -0.05) is 6.07 Å². The van der Waals surface area contributed by atoms with Gasteiger partial charge < -0.3 is 19.9 Å². The topological polar surface area (TPSA) is 91.5 Å². The number of aromatic amines is 1. The summed E-state index contributed by atoms with van der Waals surface area (Å²) in [6, 6.07) is 9.06. The molecule has 0 saturated carbocycles. The molecule has 30 heavy (non-hydrogen) atoms. The lowest BCUT2D eigenvalue weighted by Gasteiger charge is -2.27. The number of carbonyl (C=O) groups excluding carboxylic acids is 3. The van der Waals surface area contributed by atoms with E-state index < -0.39 is 0 Å². The van der Waals surface area contributed by atoms with E-state index in [9.17, 15) is 14.4 Å². The Morgan fingerprint density at radius 1 is 1.27 bits per heavy atom. The van der Waals surface area contributed by atoms with E-state index in [0.29, 0.717) is 42.9 Å². The predicted molar refractivity (Wildman–Crippen MR) is 115 cm³/mol. The molecule has 0 aliphatic carbocycles. The van der Waals surface area contributed by atoms with Crippen LogP contribution in [0.5, 0.6) is 0 Å². The highest BCUT2D eigenvalue weighted by molar-refractivity contribution is 7.12. The summed E-state index contributed by atoms with van der Waals surface area (Å²) in [6.45, 7) is 1.64. The van der Waals surface area contributed by atoms with Gasteiger partial charge in [-0.05, 0) is 36.1 Å². The highest BCUT2D eigenvalue weighted by atomic mass is 32.1. The van der Waals surface area contributed by atoms with Gasteiger partial charge in [-0.2, -0.15) is 0 Å². The van der Waals surface area contributed by atoms with Gasteiger partial charge in [0, 0.05) is 54.6 Å². The normalized spacial score (nSPS) is 13.2. The minimum absolute atomic E-state index is 0.0736. The van der Waals surface area contributed by atoms with Crippen LogP contribution in [0.15, 0.2) is 35.7 Å². The number of nitrogens with one attached hydrogen (secondary N) is 2. The number of hydrogen-bond donors (Lipinski definition) is 2. The van der Waals surface area contributed by atoms with Gasteiger partial charge in [0.05, 0.1) is 17.6 Å². The fourth-order valence-corrected chi connectivity index (χ4v) is 4.41. The fraction of sp³-hybridized carbons (Fsp3) is 0.318. The molecule has 3 aromatic rings.